The minimum Gasteiger partial charge on any atom is -0.398 e. The molecule has 25 heavy (non-hydrogen) atoms. The normalized spacial score (nSPS) is 15.5. The number of sulfonamides is 1. The van der Waals surface area contributed by atoms with Gasteiger partial charge in [-0.25, -0.2) is 8.42 Å². The van der Waals surface area contributed by atoms with E-state index in [0.717, 1.165) is 24.1 Å². The van der Waals surface area contributed by atoms with Crippen LogP contribution >= 0.6 is 0 Å². The van der Waals surface area contributed by atoms with Crippen LogP contribution in [0.15, 0.2) is 53.4 Å². The van der Waals surface area contributed by atoms with E-state index >= 15 is 0 Å². The Hall–Kier alpha value is -2.38. The summed E-state index contributed by atoms with van der Waals surface area (Å²) in [6, 6.07) is 12.6. The van der Waals surface area contributed by atoms with Gasteiger partial charge in [-0.1, -0.05) is 24.3 Å². The number of rotatable bonds is 4. The van der Waals surface area contributed by atoms with Crippen molar-refractivity contribution in [1.82, 2.24) is 4.72 Å². The van der Waals surface area contributed by atoms with E-state index in [1.165, 1.54) is 12.1 Å². The van der Waals surface area contributed by atoms with Gasteiger partial charge in [0.25, 0.3) is 0 Å². The van der Waals surface area contributed by atoms with Crippen LogP contribution in [0.4, 0.5) is 11.4 Å². The maximum atomic E-state index is 12.8. The highest BCUT2D eigenvalue weighted by atomic mass is 32.2. The lowest BCUT2D eigenvalue weighted by molar-refractivity contribution is -0.119. The first-order valence-electron chi connectivity index (χ1n) is 8.16. The van der Waals surface area contributed by atoms with Gasteiger partial charge in [0.2, 0.25) is 15.9 Å². The molecule has 0 saturated carbocycles. The molecule has 1 unspecified atom stereocenters. The van der Waals surface area contributed by atoms with Gasteiger partial charge in [-0.2, -0.15) is 4.72 Å². The fraction of sp³-hybridized carbons (Fsp3) is 0.278. The van der Waals surface area contributed by atoms with Crippen LogP contribution < -0.4 is 15.4 Å². The van der Waals surface area contributed by atoms with Crippen LogP contribution in [0.3, 0.4) is 0 Å². The fourth-order valence-corrected chi connectivity index (χ4v) is 4.28. The zero-order chi connectivity index (χ0) is 18.0. The molecule has 3 rings (SSSR count). The molecule has 3 N–H and O–H groups in total. The van der Waals surface area contributed by atoms with Crippen molar-refractivity contribution in [2.75, 3.05) is 17.2 Å². The Bertz CT molecular complexity index is 882. The number of amides is 1. The predicted molar refractivity (Wildman–Crippen MR) is 97.8 cm³/mol. The van der Waals surface area contributed by atoms with Gasteiger partial charge in [-0.15, -0.1) is 0 Å². The van der Waals surface area contributed by atoms with Crippen LogP contribution in [0.5, 0.6) is 0 Å². The quantitative estimate of drug-likeness (QED) is 0.816. The number of carbonyl (C=O) groups is 1. The number of nitrogens with two attached hydrogens (primary N) is 1. The van der Waals surface area contributed by atoms with Gasteiger partial charge < -0.3 is 10.6 Å². The second-order valence-corrected chi connectivity index (χ2v) is 7.81. The Morgan fingerprint density at radius 1 is 1.16 bits per heavy atom. The molecule has 0 aliphatic carbocycles. The Balaban J connectivity index is 1.82. The number of fused-ring (bicyclic) bond motifs is 1. The van der Waals surface area contributed by atoms with Crippen molar-refractivity contribution in [2.45, 2.75) is 30.7 Å². The summed E-state index contributed by atoms with van der Waals surface area (Å²) in [6.07, 6.45) is 1.61. The summed E-state index contributed by atoms with van der Waals surface area (Å²) in [5.41, 5.74) is 8.38. The van der Waals surface area contributed by atoms with Gasteiger partial charge in [0.15, 0.2) is 0 Å². The minimum absolute atomic E-state index is 0.137. The van der Waals surface area contributed by atoms with Crippen LogP contribution in [0.2, 0.25) is 0 Å². The third kappa shape index (κ3) is 3.52. The van der Waals surface area contributed by atoms with Crippen molar-refractivity contribution >= 4 is 27.3 Å². The third-order valence-electron chi connectivity index (χ3n) is 4.31. The Labute approximate surface area is 147 Å². The first-order valence-corrected chi connectivity index (χ1v) is 9.64. The molecule has 0 bridgehead atoms. The summed E-state index contributed by atoms with van der Waals surface area (Å²) >= 11 is 0. The minimum atomic E-state index is -3.75. The van der Waals surface area contributed by atoms with Crippen LogP contribution in [-0.2, 0) is 21.2 Å². The number of benzene rings is 2. The van der Waals surface area contributed by atoms with Crippen LogP contribution in [0.1, 0.15) is 18.9 Å². The summed E-state index contributed by atoms with van der Waals surface area (Å²) in [5, 5.41) is 0. The van der Waals surface area contributed by atoms with E-state index in [9.17, 15) is 13.2 Å². The van der Waals surface area contributed by atoms with Gasteiger partial charge in [-0.3, -0.25) is 4.79 Å². The number of nitrogens with zero attached hydrogens (tertiary/aromatic N) is 1. The fourth-order valence-electron chi connectivity index (χ4n) is 3.07. The lowest BCUT2D eigenvalue weighted by Gasteiger charge is -2.32. The second-order valence-electron chi connectivity index (χ2n) is 6.09. The molecule has 0 saturated heterocycles. The number of anilines is 2. The highest BCUT2D eigenvalue weighted by Gasteiger charge is 2.29. The summed E-state index contributed by atoms with van der Waals surface area (Å²) in [5.74, 6) is -0.286. The molecular weight excluding hydrogens is 338 g/mol. The lowest BCUT2D eigenvalue weighted by atomic mass is 9.99. The van der Waals surface area contributed by atoms with Gasteiger partial charge in [0, 0.05) is 17.9 Å². The molecule has 6 nitrogen and oxygen atoms in total. The highest BCUT2D eigenvalue weighted by Crippen LogP contribution is 2.31. The van der Waals surface area contributed by atoms with E-state index in [0.29, 0.717) is 12.2 Å². The topological polar surface area (TPSA) is 92.5 Å². The lowest BCUT2D eigenvalue weighted by Crippen LogP contribution is -2.48. The Kier molecular flexibility index (Phi) is 4.78. The summed E-state index contributed by atoms with van der Waals surface area (Å²) in [4.78, 5) is 14.6. The maximum Gasteiger partial charge on any atom is 0.244 e. The summed E-state index contributed by atoms with van der Waals surface area (Å²) in [6.45, 7) is 2.11. The van der Waals surface area contributed by atoms with Crippen molar-refractivity contribution in [3.05, 3.63) is 54.1 Å². The molecule has 7 heteroatoms. The van der Waals surface area contributed by atoms with Crippen molar-refractivity contribution < 1.29 is 13.2 Å². The Morgan fingerprint density at radius 3 is 2.60 bits per heavy atom. The van der Waals surface area contributed by atoms with Crippen LogP contribution in [0.25, 0.3) is 0 Å². The molecule has 1 atom stereocenters. The van der Waals surface area contributed by atoms with Crippen molar-refractivity contribution in [1.29, 1.82) is 0 Å². The van der Waals surface area contributed by atoms with E-state index in [2.05, 4.69) is 4.72 Å². The molecule has 0 radical (unpaired) electrons. The van der Waals surface area contributed by atoms with E-state index in [1.54, 1.807) is 36.1 Å². The Morgan fingerprint density at radius 2 is 1.88 bits per heavy atom. The van der Waals surface area contributed by atoms with Gasteiger partial charge in [-0.05, 0) is 49.6 Å². The van der Waals surface area contributed by atoms with E-state index in [-0.39, 0.29) is 10.8 Å². The first-order chi connectivity index (χ1) is 11.9. The van der Waals surface area contributed by atoms with Crippen LogP contribution in [-0.4, -0.2) is 26.9 Å². The van der Waals surface area contributed by atoms with Gasteiger partial charge >= 0.3 is 0 Å². The van der Waals surface area contributed by atoms with Crippen molar-refractivity contribution in [2.24, 2.45) is 0 Å². The van der Waals surface area contributed by atoms with Crippen molar-refractivity contribution in [3.8, 4) is 0 Å². The average molecular weight is 359 g/mol. The van der Waals surface area contributed by atoms with Gasteiger partial charge in [0.05, 0.1) is 10.9 Å². The third-order valence-corrected chi connectivity index (χ3v) is 5.87. The van der Waals surface area contributed by atoms with Crippen LogP contribution in [0, 0.1) is 0 Å². The molecule has 2 aromatic rings. The van der Waals surface area contributed by atoms with E-state index in [1.807, 2.05) is 12.1 Å². The standard InChI is InChI=1S/C18H21N3O3S/c1-13(20-25(23,24)14-7-3-2-4-8-14)18(22)21-12-6-9-15-16(19)10-5-11-17(15)21/h2-5,7-8,10-11,13,20H,6,9,12,19H2,1H3. The monoisotopic (exact) mass is 359 g/mol. The smallest absolute Gasteiger partial charge is 0.244 e. The molecule has 1 heterocycles. The number of nitrogen functional groups attached to an aromatic ring is 1. The molecule has 1 aliphatic rings. The first kappa shape index (κ1) is 17.4. The number of carbonyl (C=O) groups excluding carboxylic acids is 1. The van der Waals surface area contributed by atoms with E-state index in [4.69, 9.17) is 5.73 Å². The number of nitrogens with one attached hydrogen (secondary N) is 1. The molecule has 0 aromatic heterocycles. The largest absolute Gasteiger partial charge is 0.398 e. The zero-order valence-electron chi connectivity index (χ0n) is 14.0. The summed E-state index contributed by atoms with van der Waals surface area (Å²) < 4.78 is 27.3. The zero-order valence-corrected chi connectivity index (χ0v) is 14.8. The molecular formula is C18H21N3O3S. The molecule has 1 aliphatic heterocycles. The SMILES string of the molecule is CC(NS(=O)(=O)c1ccccc1)C(=O)N1CCCc2c(N)cccc21. The number of hydrogen-bond donors (Lipinski definition) is 2. The maximum absolute atomic E-state index is 12.8. The van der Waals surface area contributed by atoms with Gasteiger partial charge in [0.1, 0.15) is 0 Å². The van der Waals surface area contributed by atoms with Crippen molar-refractivity contribution in [3.63, 3.8) is 0 Å². The van der Waals surface area contributed by atoms with E-state index < -0.39 is 16.1 Å². The second kappa shape index (κ2) is 6.85. The molecule has 2 aromatic carbocycles. The number of hydrogen-bond acceptors (Lipinski definition) is 4. The highest BCUT2D eigenvalue weighted by molar-refractivity contribution is 7.89. The molecule has 132 valence electrons. The molecule has 0 spiro atoms. The predicted octanol–water partition coefficient (Wildman–Crippen LogP) is 1.91. The molecule has 0 fully saturated rings. The average Bonchev–Trinajstić information content (AvgIpc) is 2.61. The summed E-state index contributed by atoms with van der Waals surface area (Å²) in [7, 11) is -3.75. The molecule has 1 amide bonds.